The molecule has 2 aliphatic heterocycles. The molecule has 1 aromatic heterocycles. The summed E-state index contributed by atoms with van der Waals surface area (Å²) in [6, 6.07) is 8.15. The highest BCUT2D eigenvalue weighted by Gasteiger charge is 2.45. The van der Waals surface area contributed by atoms with Crippen molar-refractivity contribution in [2.45, 2.75) is 31.8 Å². The number of nitrogens with one attached hydrogen (secondary N) is 1. The Bertz CT molecular complexity index is 1040. The number of rotatable bonds is 7. The maximum absolute atomic E-state index is 13.0. The zero-order valence-electron chi connectivity index (χ0n) is 19.5. The van der Waals surface area contributed by atoms with Gasteiger partial charge in [-0.05, 0) is 50.1 Å². The van der Waals surface area contributed by atoms with Gasteiger partial charge in [0.1, 0.15) is 0 Å². The van der Waals surface area contributed by atoms with Crippen LogP contribution >= 0.6 is 0 Å². The Kier molecular flexibility index (Phi) is 6.78. The molecule has 0 spiro atoms. The number of amides is 2. The minimum Gasteiger partial charge on any atom is -0.479 e. The number of piperazine rings is 1. The minimum atomic E-state index is -1.32. The fourth-order valence-corrected chi connectivity index (χ4v) is 4.70. The molecule has 180 valence electrons. The van der Waals surface area contributed by atoms with Gasteiger partial charge in [-0.3, -0.25) is 14.5 Å². The van der Waals surface area contributed by atoms with E-state index in [2.05, 4.69) is 32.3 Å². The number of carbonyl (C=O) groups excluding carboxylic acids is 2. The maximum Gasteiger partial charge on any atom is 0.330 e. The Balaban J connectivity index is 1.33. The molecule has 2 N–H and O–H groups in total. The fraction of sp³-hybridized carbons (Fsp3) is 0.458. The topological polar surface area (TPSA) is 119 Å². The predicted octanol–water partition coefficient (Wildman–Crippen LogP) is 0.764. The molecule has 2 unspecified atom stereocenters. The lowest BCUT2D eigenvalue weighted by Crippen LogP contribution is -2.57. The van der Waals surface area contributed by atoms with Crippen LogP contribution in [0.1, 0.15) is 18.9 Å². The van der Waals surface area contributed by atoms with Gasteiger partial charge in [0.2, 0.25) is 12.3 Å². The number of carboxylic acids is 1. The van der Waals surface area contributed by atoms with Crippen molar-refractivity contribution in [2.24, 2.45) is 0 Å². The Labute approximate surface area is 198 Å². The Morgan fingerprint density at radius 3 is 2.50 bits per heavy atom. The van der Waals surface area contributed by atoms with Crippen molar-refractivity contribution in [3.8, 4) is 11.4 Å². The molecular weight excluding hydrogens is 436 g/mol. The molecular formula is C24H30N6O4. The third kappa shape index (κ3) is 4.86. The molecule has 1 aromatic carbocycles. The average molecular weight is 467 g/mol. The molecule has 2 aromatic rings. The Hall–Kier alpha value is -3.53. The molecule has 34 heavy (non-hydrogen) atoms. The van der Waals surface area contributed by atoms with E-state index in [4.69, 9.17) is 0 Å². The molecule has 0 aliphatic carbocycles. The van der Waals surface area contributed by atoms with Crippen LogP contribution in [0.3, 0.4) is 0 Å². The van der Waals surface area contributed by atoms with E-state index in [1.807, 2.05) is 30.9 Å². The van der Waals surface area contributed by atoms with Gasteiger partial charge in [0.25, 0.3) is 0 Å². The Morgan fingerprint density at radius 2 is 1.88 bits per heavy atom. The zero-order chi connectivity index (χ0) is 24.3. The van der Waals surface area contributed by atoms with Gasteiger partial charge in [0, 0.05) is 62.4 Å². The summed E-state index contributed by atoms with van der Waals surface area (Å²) >= 11 is 0. The van der Waals surface area contributed by atoms with Gasteiger partial charge >= 0.3 is 5.97 Å². The molecule has 0 saturated carbocycles. The fourth-order valence-electron chi connectivity index (χ4n) is 4.70. The number of carboxylic acid groups (broad SMARTS) is 1. The summed E-state index contributed by atoms with van der Waals surface area (Å²) in [6.45, 7) is 6.71. The molecule has 10 nitrogen and oxygen atoms in total. The minimum absolute atomic E-state index is 0.0151. The van der Waals surface area contributed by atoms with Crippen LogP contribution in [-0.4, -0.2) is 94.0 Å². The number of nitrogens with zero attached hydrogens (tertiary/aromatic N) is 5. The van der Waals surface area contributed by atoms with Crippen molar-refractivity contribution in [3.05, 3.63) is 42.2 Å². The van der Waals surface area contributed by atoms with Gasteiger partial charge in [-0.25, -0.2) is 14.8 Å². The van der Waals surface area contributed by atoms with E-state index in [9.17, 15) is 19.5 Å². The van der Waals surface area contributed by atoms with Gasteiger partial charge in [-0.1, -0.05) is 0 Å². The summed E-state index contributed by atoms with van der Waals surface area (Å²) in [5, 5.41) is 11.9. The van der Waals surface area contributed by atoms with E-state index in [0.29, 0.717) is 38.4 Å². The summed E-state index contributed by atoms with van der Waals surface area (Å²) in [7, 11) is 0. The zero-order valence-corrected chi connectivity index (χ0v) is 19.5. The molecule has 4 rings (SSSR count). The van der Waals surface area contributed by atoms with Crippen LogP contribution < -0.4 is 10.2 Å². The Morgan fingerprint density at radius 1 is 1.18 bits per heavy atom. The highest BCUT2D eigenvalue weighted by molar-refractivity contribution is 5.83. The normalized spacial score (nSPS) is 23.1. The maximum atomic E-state index is 13.0. The van der Waals surface area contributed by atoms with Crippen LogP contribution in [-0.2, 0) is 14.4 Å². The molecule has 2 atom stereocenters. The van der Waals surface area contributed by atoms with Crippen molar-refractivity contribution < 1.29 is 19.5 Å². The van der Waals surface area contributed by atoms with Gasteiger partial charge in [0.05, 0.1) is 6.54 Å². The van der Waals surface area contributed by atoms with E-state index >= 15 is 0 Å². The molecule has 2 fully saturated rings. The summed E-state index contributed by atoms with van der Waals surface area (Å²) in [4.78, 5) is 50.2. The number of aryl methyl sites for hydroxylation is 1. The third-order valence-electron chi connectivity index (χ3n) is 6.67. The first-order valence-electron chi connectivity index (χ1n) is 11.4. The first kappa shape index (κ1) is 23.6. The summed E-state index contributed by atoms with van der Waals surface area (Å²) in [5.41, 5.74) is 1.74. The van der Waals surface area contributed by atoms with Crippen molar-refractivity contribution in [1.29, 1.82) is 0 Å². The number of aliphatic carboxylic acids is 1. The summed E-state index contributed by atoms with van der Waals surface area (Å²) < 4.78 is 0. The lowest BCUT2D eigenvalue weighted by atomic mass is 9.99. The van der Waals surface area contributed by atoms with Crippen LogP contribution in [0.15, 0.2) is 36.7 Å². The smallest absolute Gasteiger partial charge is 0.330 e. The predicted molar refractivity (Wildman–Crippen MR) is 126 cm³/mol. The van der Waals surface area contributed by atoms with Crippen molar-refractivity contribution >= 4 is 24.0 Å². The first-order chi connectivity index (χ1) is 16.3. The van der Waals surface area contributed by atoms with Crippen LogP contribution in [0.4, 0.5) is 5.69 Å². The molecule has 10 heteroatoms. The average Bonchev–Trinajstić information content (AvgIpc) is 3.23. The third-order valence-corrected chi connectivity index (χ3v) is 6.67. The second-order valence-corrected chi connectivity index (χ2v) is 9.12. The van der Waals surface area contributed by atoms with Crippen LogP contribution in [0.25, 0.3) is 11.4 Å². The number of likely N-dealkylation sites (tertiary alicyclic amines) is 1. The van der Waals surface area contributed by atoms with Gasteiger partial charge < -0.3 is 20.2 Å². The lowest BCUT2D eigenvalue weighted by molar-refractivity contribution is -0.146. The molecule has 0 bridgehead atoms. The number of hydrogen-bond acceptors (Lipinski definition) is 7. The van der Waals surface area contributed by atoms with Crippen molar-refractivity contribution in [3.63, 3.8) is 0 Å². The van der Waals surface area contributed by atoms with E-state index in [1.165, 1.54) is 0 Å². The molecule has 2 amide bonds. The largest absolute Gasteiger partial charge is 0.479 e. The second kappa shape index (κ2) is 9.76. The monoisotopic (exact) mass is 466 g/mol. The van der Waals surface area contributed by atoms with E-state index in [0.717, 1.165) is 16.8 Å². The van der Waals surface area contributed by atoms with Crippen molar-refractivity contribution in [2.75, 3.05) is 44.2 Å². The van der Waals surface area contributed by atoms with Gasteiger partial charge in [0.15, 0.2) is 11.4 Å². The number of benzene rings is 1. The molecule has 3 heterocycles. The molecule has 2 aliphatic rings. The first-order valence-corrected chi connectivity index (χ1v) is 11.4. The molecule has 0 radical (unpaired) electrons. The number of aromatic nitrogens is 2. The lowest BCUT2D eigenvalue weighted by Gasteiger charge is -2.41. The van der Waals surface area contributed by atoms with Crippen molar-refractivity contribution in [1.82, 2.24) is 25.1 Å². The van der Waals surface area contributed by atoms with Gasteiger partial charge in [-0.15, -0.1) is 0 Å². The quantitative estimate of drug-likeness (QED) is 0.575. The van der Waals surface area contributed by atoms with Crippen LogP contribution in [0.2, 0.25) is 0 Å². The van der Waals surface area contributed by atoms with Crippen LogP contribution in [0, 0.1) is 6.92 Å². The SMILES string of the molecule is Cc1cnc(-c2ccc(N3CCN(C(=O)CN4CCC(NC=O)(C(=O)O)C4)C(C)C3)cc2)nc1. The number of hydrogen-bond donors (Lipinski definition) is 2. The highest BCUT2D eigenvalue weighted by atomic mass is 16.4. The standard InChI is InChI=1S/C24H30N6O4/c1-17-11-25-22(26-12-17)19-3-5-20(6-4-19)29-9-10-30(18(2)13-29)21(32)14-28-8-7-24(15-28,23(33)34)27-16-31/h3-6,11-12,16,18H,7-10,13-15H2,1-2H3,(H,27,31)(H,33,34). The summed E-state index contributed by atoms with van der Waals surface area (Å²) in [6.07, 6.45) is 4.30. The van der Waals surface area contributed by atoms with Crippen LogP contribution in [0.5, 0.6) is 0 Å². The highest BCUT2D eigenvalue weighted by Crippen LogP contribution is 2.25. The number of anilines is 1. The van der Waals surface area contributed by atoms with E-state index in [1.54, 1.807) is 17.3 Å². The molecule has 2 saturated heterocycles. The van der Waals surface area contributed by atoms with E-state index in [-0.39, 0.29) is 31.5 Å². The number of carbonyl (C=O) groups is 3. The van der Waals surface area contributed by atoms with Gasteiger partial charge in [-0.2, -0.15) is 0 Å². The van der Waals surface area contributed by atoms with E-state index < -0.39 is 11.5 Å². The summed E-state index contributed by atoms with van der Waals surface area (Å²) in [5.74, 6) is -0.402. The second-order valence-electron chi connectivity index (χ2n) is 9.12.